The van der Waals surface area contributed by atoms with Gasteiger partial charge in [-0.1, -0.05) is 0 Å². The molecule has 0 aliphatic rings. The molecule has 0 bridgehead atoms. The summed E-state index contributed by atoms with van der Waals surface area (Å²) in [7, 11) is 0. The Labute approximate surface area is 116 Å². The smallest absolute Gasteiger partial charge is 0.0783 e. The molecule has 0 spiro atoms. The van der Waals surface area contributed by atoms with E-state index < -0.39 is 0 Å². The van der Waals surface area contributed by atoms with Crippen molar-refractivity contribution in [2.45, 2.75) is 0 Å². The van der Waals surface area contributed by atoms with E-state index in [9.17, 15) is 0 Å². The van der Waals surface area contributed by atoms with Crippen LogP contribution in [0.2, 0.25) is 0 Å². The molecule has 1 aromatic carbocycles. The highest BCUT2D eigenvalue weighted by molar-refractivity contribution is 9.14. The van der Waals surface area contributed by atoms with Crippen molar-refractivity contribution >= 4 is 81.8 Å². The van der Waals surface area contributed by atoms with Crippen molar-refractivity contribution in [1.82, 2.24) is 0 Å². The van der Waals surface area contributed by atoms with E-state index in [1.54, 1.807) is 0 Å². The van der Waals surface area contributed by atoms with Gasteiger partial charge in [0.15, 0.2) is 0 Å². The minimum absolute atomic E-state index is 0. The summed E-state index contributed by atoms with van der Waals surface area (Å²) >= 11 is 13.5. The van der Waals surface area contributed by atoms with E-state index in [-0.39, 0.29) is 12.4 Å². The number of benzene rings is 1. The molecule has 0 radical (unpaired) electrons. The van der Waals surface area contributed by atoms with E-state index in [1.165, 1.54) is 0 Å². The molecule has 0 saturated carbocycles. The van der Waals surface area contributed by atoms with E-state index in [1.807, 2.05) is 6.07 Å². The maximum Gasteiger partial charge on any atom is 0.0783 e. The molecule has 13 heavy (non-hydrogen) atoms. The highest BCUT2D eigenvalue weighted by Crippen LogP contribution is 2.40. The molecule has 0 fully saturated rings. The van der Waals surface area contributed by atoms with E-state index in [0.29, 0.717) is 0 Å². The number of anilines is 1. The third kappa shape index (κ3) is 3.07. The van der Waals surface area contributed by atoms with Gasteiger partial charge in [0.05, 0.1) is 10.2 Å². The first kappa shape index (κ1) is 14.2. The third-order valence-corrected chi connectivity index (χ3v) is 5.19. The van der Waals surface area contributed by atoms with Crippen molar-refractivity contribution in [2.24, 2.45) is 5.84 Å². The zero-order valence-corrected chi connectivity index (χ0v) is 13.2. The maximum absolute atomic E-state index is 5.32. The predicted molar refractivity (Wildman–Crippen MR) is 72.3 cm³/mol. The summed E-state index contributed by atoms with van der Waals surface area (Å²) in [6.45, 7) is 0. The highest BCUT2D eigenvalue weighted by atomic mass is 79.9. The van der Waals surface area contributed by atoms with Crippen molar-refractivity contribution in [1.29, 1.82) is 0 Å². The Morgan fingerprint density at radius 2 is 1.54 bits per heavy atom. The van der Waals surface area contributed by atoms with E-state index in [4.69, 9.17) is 5.84 Å². The lowest BCUT2D eigenvalue weighted by atomic mass is 10.3. The lowest BCUT2D eigenvalue weighted by Crippen LogP contribution is -2.08. The minimum Gasteiger partial charge on any atom is -0.322 e. The third-order valence-electron chi connectivity index (χ3n) is 1.26. The number of nitrogens with one attached hydrogen (secondary N) is 1. The summed E-state index contributed by atoms with van der Waals surface area (Å²) < 4.78 is 3.66. The Morgan fingerprint density at radius 1 is 1.00 bits per heavy atom. The topological polar surface area (TPSA) is 38.0 Å². The number of hydrogen-bond donors (Lipinski definition) is 2. The molecule has 0 aliphatic heterocycles. The molecule has 0 atom stereocenters. The van der Waals surface area contributed by atoms with Gasteiger partial charge in [-0.05, 0) is 69.8 Å². The average Bonchev–Trinajstić information content (AvgIpc) is 2.01. The van der Waals surface area contributed by atoms with Crippen LogP contribution in [0, 0.1) is 0 Å². The van der Waals surface area contributed by atoms with Gasteiger partial charge in [-0.15, -0.1) is 12.4 Å². The summed E-state index contributed by atoms with van der Waals surface area (Å²) in [5.74, 6) is 5.32. The summed E-state index contributed by atoms with van der Waals surface area (Å²) in [5.41, 5.74) is 3.40. The Balaban J connectivity index is 0.00000144. The van der Waals surface area contributed by atoms with Crippen LogP contribution in [0.1, 0.15) is 0 Å². The van der Waals surface area contributed by atoms with Crippen LogP contribution >= 0.6 is 76.1 Å². The molecule has 0 amide bonds. The average molecular weight is 460 g/mol. The standard InChI is InChI=1S/C6H4Br4N2.ClH/c7-2-1-3(8)6(12-11)5(10)4(2)9;/h1,12H,11H2;1H. The quantitative estimate of drug-likeness (QED) is 0.282. The number of hydrazine groups is 1. The number of hydrogen-bond acceptors (Lipinski definition) is 2. The van der Waals surface area contributed by atoms with Crippen molar-refractivity contribution in [3.8, 4) is 0 Å². The molecule has 0 aliphatic carbocycles. The molecule has 7 heteroatoms. The fourth-order valence-electron chi connectivity index (χ4n) is 0.699. The number of rotatable bonds is 1. The molecule has 3 N–H and O–H groups in total. The Hall–Kier alpha value is 1.19. The van der Waals surface area contributed by atoms with Crippen LogP contribution in [0.3, 0.4) is 0 Å². The molecule has 0 aromatic heterocycles. The van der Waals surface area contributed by atoms with Gasteiger partial charge in [0.1, 0.15) is 0 Å². The van der Waals surface area contributed by atoms with E-state index in [2.05, 4.69) is 69.1 Å². The molecule has 74 valence electrons. The largest absolute Gasteiger partial charge is 0.322 e. The molecule has 1 aromatic rings. The van der Waals surface area contributed by atoms with Crippen molar-refractivity contribution in [2.75, 3.05) is 5.43 Å². The highest BCUT2D eigenvalue weighted by Gasteiger charge is 2.10. The van der Waals surface area contributed by atoms with E-state index >= 15 is 0 Å². The van der Waals surface area contributed by atoms with Crippen LogP contribution in [-0.4, -0.2) is 0 Å². The molecule has 0 saturated heterocycles. The first-order valence-electron chi connectivity index (χ1n) is 2.87. The summed E-state index contributed by atoms with van der Waals surface area (Å²) in [4.78, 5) is 0. The molecular weight excluding hydrogens is 455 g/mol. The van der Waals surface area contributed by atoms with E-state index in [0.717, 1.165) is 23.6 Å². The first-order chi connectivity index (χ1) is 5.57. The van der Waals surface area contributed by atoms with Gasteiger partial charge in [0.2, 0.25) is 0 Å². The van der Waals surface area contributed by atoms with Gasteiger partial charge >= 0.3 is 0 Å². The molecule has 0 heterocycles. The predicted octanol–water partition coefficient (Wildman–Crippen LogP) is 4.44. The van der Waals surface area contributed by atoms with Crippen LogP contribution < -0.4 is 11.3 Å². The van der Waals surface area contributed by atoms with Gasteiger partial charge in [0.25, 0.3) is 0 Å². The maximum atomic E-state index is 5.32. The van der Waals surface area contributed by atoms with Gasteiger partial charge < -0.3 is 5.43 Å². The van der Waals surface area contributed by atoms with Crippen LogP contribution in [0.15, 0.2) is 24.0 Å². The van der Waals surface area contributed by atoms with Gasteiger partial charge in [-0.25, -0.2) is 0 Å². The summed E-state index contributed by atoms with van der Waals surface area (Å²) in [6, 6.07) is 1.91. The normalized spacial score (nSPS) is 9.31. The number of nitrogen functional groups attached to an aromatic ring is 1. The first-order valence-corrected chi connectivity index (χ1v) is 6.04. The second-order valence-corrected chi connectivity index (χ2v) is 5.28. The Kier molecular flexibility index (Phi) is 6.47. The zero-order valence-electron chi connectivity index (χ0n) is 6.07. The monoisotopic (exact) mass is 456 g/mol. The van der Waals surface area contributed by atoms with Crippen LogP contribution in [0.5, 0.6) is 0 Å². The Morgan fingerprint density at radius 3 is 2.00 bits per heavy atom. The second-order valence-electron chi connectivity index (χ2n) is 1.99. The zero-order chi connectivity index (χ0) is 9.30. The molecule has 0 unspecified atom stereocenters. The SMILES string of the molecule is Cl.NNc1c(Br)cc(Br)c(Br)c1Br. The van der Waals surface area contributed by atoms with Crippen molar-refractivity contribution < 1.29 is 0 Å². The van der Waals surface area contributed by atoms with Crippen LogP contribution in [0.4, 0.5) is 5.69 Å². The number of halogens is 5. The summed E-state index contributed by atoms with van der Waals surface area (Å²) in [5, 5.41) is 0. The lowest BCUT2D eigenvalue weighted by molar-refractivity contribution is 1.31. The second kappa shape index (κ2) is 5.92. The fourth-order valence-corrected chi connectivity index (χ4v) is 3.36. The van der Waals surface area contributed by atoms with Crippen LogP contribution in [0.25, 0.3) is 0 Å². The van der Waals surface area contributed by atoms with Crippen molar-refractivity contribution in [3.05, 3.63) is 24.0 Å². The van der Waals surface area contributed by atoms with Gasteiger partial charge in [0, 0.05) is 13.4 Å². The van der Waals surface area contributed by atoms with Crippen molar-refractivity contribution in [3.63, 3.8) is 0 Å². The molecule has 2 nitrogen and oxygen atoms in total. The van der Waals surface area contributed by atoms with Gasteiger partial charge in [-0.3, -0.25) is 5.84 Å². The molecule has 1 rings (SSSR count). The van der Waals surface area contributed by atoms with Crippen LogP contribution in [-0.2, 0) is 0 Å². The lowest BCUT2D eigenvalue weighted by Gasteiger charge is -2.09. The number of nitrogens with two attached hydrogens (primary N) is 1. The summed E-state index contributed by atoms with van der Waals surface area (Å²) in [6.07, 6.45) is 0. The fraction of sp³-hybridized carbons (Fsp3) is 0. The van der Waals surface area contributed by atoms with Gasteiger partial charge in [-0.2, -0.15) is 0 Å². The minimum atomic E-state index is 0. The molecular formula is C6H5Br4ClN2. The Bertz CT molecular complexity index is 318.